The number of hydrogen-bond acceptors (Lipinski definition) is 6. The third-order valence-electron chi connectivity index (χ3n) is 6.38. The van der Waals surface area contributed by atoms with Crippen molar-refractivity contribution >= 4 is 45.8 Å². The molecule has 3 atom stereocenters. The lowest BCUT2D eigenvalue weighted by atomic mass is 9.98. The fourth-order valence-electron chi connectivity index (χ4n) is 4.18. The smallest absolute Gasteiger partial charge is 0.231 e. The quantitative estimate of drug-likeness (QED) is 0.363. The van der Waals surface area contributed by atoms with E-state index in [-0.39, 0.29) is 51.4 Å². The zero-order valence-corrected chi connectivity index (χ0v) is 19.2. The predicted molar refractivity (Wildman–Crippen MR) is 124 cm³/mol. The molecule has 0 radical (unpaired) electrons. The second-order valence-electron chi connectivity index (χ2n) is 8.93. The Morgan fingerprint density at radius 1 is 1.28 bits per heavy atom. The molecule has 182 valence electrons. The van der Waals surface area contributed by atoms with E-state index in [2.05, 4.69) is 30.8 Å². The lowest BCUT2D eigenvalue weighted by Gasteiger charge is -2.17. The number of benzene rings is 1. The summed E-state index contributed by atoms with van der Waals surface area (Å²) in [5.74, 6) is -2.24. The van der Waals surface area contributed by atoms with Gasteiger partial charge in [0.2, 0.25) is 11.8 Å². The highest BCUT2D eigenvalue weighted by molar-refractivity contribution is 6.35. The van der Waals surface area contributed by atoms with Crippen LogP contribution in [0.3, 0.4) is 0 Å². The van der Waals surface area contributed by atoms with E-state index in [0.717, 1.165) is 12.8 Å². The Labute approximate surface area is 206 Å². The second kappa shape index (κ2) is 8.23. The molecule has 0 aliphatic heterocycles. The molecule has 2 aliphatic carbocycles. The summed E-state index contributed by atoms with van der Waals surface area (Å²) in [5.41, 5.74) is 1.01. The first-order chi connectivity index (χ1) is 17.4. The van der Waals surface area contributed by atoms with Gasteiger partial charge in [-0.3, -0.25) is 19.7 Å². The Hall–Kier alpha value is -4.11. The summed E-state index contributed by atoms with van der Waals surface area (Å²) in [4.78, 5) is 32.9. The molecule has 2 amide bonds. The summed E-state index contributed by atoms with van der Waals surface area (Å²) in [6.07, 6.45) is 6.47. The first-order valence-corrected chi connectivity index (χ1v) is 11.6. The molecule has 36 heavy (non-hydrogen) atoms. The van der Waals surface area contributed by atoms with Gasteiger partial charge in [0.15, 0.2) is 17.3 Å². The van der Waals surface area contributed by atoms with Crippen molar-refractivity contribution in [1.82, 2.24) is 29.9 Å². The number of anilines is 1. The van der Waals surface area contributed by atoms with E-state index in [1.807, 2.05) is 6.07 Å². The normalized spacial score (nSPS) is 19.7. The average molecular weight is 511 g/mol. The van der Waals surface area contributed by atoms with Crippen LogP contribution >= 0.6 is 11.6 Å². The van der Waals surface area contributed by atoms with Crippen molar-refractivity contribution in [3.05, 3.63) is 41.2 Å². The van der Waals surface area contributed by atoms with Gasteiger partial charge in [-0.1, -0.05) is 11.6 Å². The van der Waals surface area contributed by atoms with Crippen LogP contribution in [0, 0.1) is 29.0 Å². The SMILES string of the molecule is N#CC(NC(=O)C1CC1)c1c(F)c(Cl)c(-c2cn3cc(NC(=O)[C@@H]4C[C@@H]4F)nc3cn2)c2cn[nH]c12. The van der Waals surface area contributed by atoms with Gasteiger partial charge in [0.1, 0.15) is 12.2 Å². The van der Waals surface area contributed by atoms with Crippen LogP contribution in [0.5, 0.6) is 0 Å². The summed E-state index contributed by atoms with van der Waals surface area (Å²) >= 11 is 6.47. The van der Waals surface area contributed by atoms with Crippen molar-refractivity contribution in [3.63, 3.8) is 0 Å². The van der Waals surface area contributed by atoms with E-state index in [9.17, 15) is 19.2 Å². The number of nitriles is 1. The number of carbonyl (C=O) groups excluding carboxylic acids is 2. The third-order valence-corrected chi connectivity index (χ3v) is 6.73. The summed E-state index contributed by atoms with van der Waals surface area (Å²) < 4.78 is 30.4. The molecule has 10 nitrogen and oxygen atoms in total. The van der Waals surface area contributed by atoms with Gasteiger partial charge in [-0.15, -0.1) is 0 Å². The molecule has 3 heterocycles. The van der Waals surface area contributed by atoms with Crippen LogP contribution in [0.2, 0.25) is 5.02 Å². The maximum atomic E-state index is 15.6. The monoisotopic (exact) mass is 510 g/mol. The number of nitrogens with one attached hydrogen (secondary N) is 3. The summed E-state index contributed by atoms with van der Waals surface area (Å²) in [7, 11) is 0. The zero-order chi connectivity index (χ0) is 25.1. The van der Waals surface area contributed by atoms with Gasteiger partial charge in [-0.05, 0) is 19.3 Å². The molecule has 2 saturated carbocycles. The predicted octanol–water partition coefficient (Wildman–Crippen LogP) is 3.45. The molecule has 3 N–H and O–H groups in total. The maximum absolute atomic E-state index is 15.6. The minimum Gasteiger partial charge on any atom is -0.336 e. The number of H-pyrrole nitrogens is 1. The van der Waals surface area contributed by atoms with E-state index in [0.29, 0.717) is 11.0 Å². The zero-order valence-electron chi connectivity index (χ0n) is 18.4. The number of aromatic amines is 1. The first kappa shape index (κ1) is 22.4. The van der Waals surface area contributed by atoms with E-state index in [1.54, 1.807) is 10.6 Å². The minimum absolute atomic E-state index is 0.104. The number of halogens is 3. The van der Waals surface area contributed by atoms with Crippen LogP contribution in [0.25, 0.3) is 27.8 Å². The van der Waals surface area contributed by atoms with Crippen LogP contribution in [0.4, 0.5) is 14.6 Å². The number of aromatic nitrogens is 5. The van der Waals surface area contributed by atoms with Crippen molar-refractivity contribution in [2.75, 3.05) is 5.32 Å². The molecule has 2 aliphatic rings. The molecular formula is C23H17ClF2N8O2. The molecule has 1 unspecified atom stereocenters. The van der Waals surface area contributed by atoms with Gasteiger partial charge in [0.25, 0.3) is 0 Å². The molecule has 13 heteroatoms. The number of fused-ring (bicyclic) bond motifs is 2. The van der Waals surface area contributed by atoms with E-state index >= 15 is 4.39 Å². The second-order valence-corrected chi connectivity index (χ2v) is 9.31. The fourth-order valence-corrected chi connectivity index (χ4v) is 4.48. The number of rotatable bonds is 6. The Morgan fingerprint density at radius 2 is 2.06 bits per heavy atom. The molecule has 3 aromatic heterocycles. The fraction of sp³-hybridized carbons (Fsp3) is 0.304. The largest absolute Gasteiger partial charge is 0.336 e. The third kappa shape index (κ3) is 3.72. The molecule has 1 aromatic carbocycles. The van der Waals surface area contributed by atoms with Crippen molar-refractivity contribution < 1.29 is 18.4 Å². The highest BCUT2D eigenvalue weighted by Crippen LogP contribution is 2.41. The standard InChI is InChI=1S/C23H17ClF2N8O2/c24-19-17(14-7-34-8-15(31-16(34)6-28-14)32-23(36)10-3-12(10)25)11-5-29-33-21(11)18(20(19)26)13(4-27)30-22(35)9-1-2-9/h5-10,12-13H,1-3H2,(H,29,33)(H,30,35)(H,32,36)/t10-,12+,13?/m1/s1. The van der Waals surface area contributed by atoms with Gasteiger partial charge in [-0.25, -0.2) is 13.8 Å². The highest BCUT2D eigenvalue weighted by atomic mass is 35.5. The van der Waals surface area contributed by atoms with Crippen LogP contribution in [0.15, 0.2) is 24.8 Å². The number of hydrogen-bond donors (Lipinski definition) is 3. The van der Waals surface area contributed by atoms with Gasteiger partial charge >= 0.3 is 0 Å². The summed E-state index contributed by atoms with van der Waals surface area (Å²) in [5, 5.41) is 21.7. The van der Waals surface area contributed by atoms with Crippen LogP contribution in [0.1, 0.15) is 30.9 Å². The molecule has 6 rings (SSSR count). The average Bonchev–Trinajstić information content (AvgIpc) is 3.75. The lowest BCUT2D eigenvalue weighted by Crippen LogP contribution is -2.29. The summed E-state index contributed by atoms with van der Waals surface area (Å²) in [6, 6.07) is 0.669. The Morgan fingerprint density at radius 3 is 2.75 bits per heavy atom. The van der Waals surface area contributed by atoms with Crippen LogP contribution < -0.4 is 10.6 Å². The Balaban J connectivity index is 1.39. The first-order valence-electron chi connectivity index (χ1n) is 11.2. The van der Waals surface area contributed by atoms with Crippen LogP contribution in [-0.4, -0.2) is 42.6 Å². The Bertz CT molecular complexity index is 1610. The van der Waals surface area contributed by atoms with Gasteiger partial charge in [0.05, 0.1) is 52.4 Å². The number of imidazole rings is 1. The molecule has 2 fully saturated rings. The number of alkyl halides is 1. The maximum Gasteiger partial charge on any atom is 0.231 e. The topological polar surface area (TPSA) is 141 Å². The molecular weight excluding hydrogens is 494 g/mol. The van der Waals surface area contributed by atoms with Crippen molar-refractivity contribution in [2.45, 2.75) is 31.5 Å². The number of amides is 2. The van der Waals surface area contributed by atoms with Crippen molar-refractivity contribution in [3.8, 4) is 17.3 Å². The summed E-state index contributed by atoms with van der Waals surface area (Å²) in [6.45, 7) is 0. The molecule has 0 saturated heterocycles. The number of nitrogens with zero attached hydrogens (tertiary/aromatic N) is 5. The molecule has 4 aromatic rings. The Kier molecular flexibility index (Phi) is 5.11. The number of carbonyl (C=O) groups is 2. The molecule has 0 spiro atoms. The molecule has 0 bridgehead atoms. The highest BCUT2D eigenvalue weighted by Gasteiger charge is 2.43. The minimum atomic E-state index is -1.27. The lowest BCUT2D eigenvalue weighted by molar-refractivity contribution is -0.122. The van der Waals surface area contributed by atoms with Crippen molar-refractivity contribution in [2.24, 2.45) is 11.8 Å². The van der Waals surface area contributed by atoms with E-state index < -0.39 is 29.9 Å². The van der Waals surface area contributed by atoms with Gasteiger partial charge in [-0.2, -0.15) is 10.4 Å². The van der Waals surface area contributed by atoms with Gasteiger partial charge < -0.3 is 15.0 Å². The van der Waals surface area contributed by atoms with Crippen LogP contribution in [-0.2, 0) is 9.59 Å². The van der Waals surface area contributed by atoms with Gasteiger partial charge in [0, 0.05) is 23.1 Å². The van der Waals surface area contributed by atoms with E-state index in [4.69, 9.17) is 11.6 Å². The van der Waals surface area contributed by atoms with E-state index in [1.165, 1.54) is 18.6 Å². The van der Waals surface area contributed by atoms with Crippen molar-refractivity contribution in [1.29, 1.82) is 5.26 Å².